The topological polar surface area (TPSA) is 132 Å². The van der Waals surface area contributed by atoms with Crippen molar-refractivity contribution in [3.8, 4) is 0 Å². The van der Waals surface area contributed by atoms with Gasteiger partial charge in [0.2, 0.25) is 6.10 Å². The molecule has 4 atom stereocenters. The highest BCUT2D eigenvalue weighted by Gasteiger charge is 2.39. The van der Waals surface area contributed by atoms with Crippen LogP contribution in [0.1, 0.15) is 25.1 Å². The summed E-state index contributed by atoms with van der Waals surface area (Å²) in [6.45, 7) is 5.70. The number of carboxylic acid groups (broad SMARTS) is 2. The molecule has 2 rings (SSSR count). The SMILES string of the molecule is CC(C)CN(OC(C(=O)O)C(O)C(=O)O)C1CCNCC1Cc1scnc1Cl. The second kappa shape index (κ2) is 10.5. The Balaban J connectivity index is 2.23. The van der Waals surface area contributed by atoms with Crippen molar-refractivity contribution in [2.24, 2.45) is 11.8 Å². The first-order valence-corrected chi connectivity index (χ1v) is 10.3. The van der Waals surface area contributed by atoms with Crippen molar-refractivity contribution in [2.45, 2.75) is 44.9 Å². The fourth-order valence-electron chi connectivity index (χ4n) is 3.25. The Morgan fingerprint density at radius 1 is 1.43 bits per heavy atom. The zero-order valence-corrected chi connectivity index (χ0v) is 17.3. The van der Waals surface area contributed by atoms with Crippen LogP contribution in [0.4, 0.5) is 0 Å². The van der Waals surface area contributed by atoms with Gasteiger partial charge in [0.15, 0.2) is 6.10 Å². The monoisotopic (exact) mass is 435 g/mol. The number of rotatable bonds is 10. The molecular formula is C17H26ClN3O6S. The molecule has 1 aliphatic rings. The Hall–Kier alpha value is -1.30. The predicted octanol–water partition coefficient (Wildman–Crippen LogP) is 1.11. The molecule has 1 saturated heterocycles. The molecule has 0 spiro atoms. The summed E-state index contributed by atoms with van der Waals surface area (Å²) in [5.41, 5.74) is 1.68. The number of aliphatic carboxylic acids is 2. The lowest BCUT2D eigenvalue weighted by atomic mass is 9.89. The number of hydrogen-bond acceptors (Lipinski definition) is 8. The third kappa shape index (κ3) is 6.10. The number of hydroxylamine groups is 2. The van der Waals surface area contributed by atoms with Crippen LogP contribution in [0.5, 0.6) is 0 Å². The van der Waals surface area contributed by atoms with Gasteiger partial charge in [0.25, 0.3) is 0 Å². The van der Waals surface area contributed by atoms with Gasteiger partial charge in [0, 0.05) is 17.5 Å². The molecule has 0 amide bonds. The van der Waals surface area contributed by atoms with E-state index in [2.05, 4.69) is 10.3 Å². The smallest absolute Gasteiger partial charge is 0.338 e. The fraction of sp³-hybridized carbons (Fsp3) is 0.706. The lowest BCUT2D eigenvalue weighted by molar-refractivity contribution is -0.257. The van der Waals surface area contributed by atoms with E-state index in [4.69, 9.17) is 21.5 Å². The Bertz CT molecular complexity index is 673. The van der Waals surface area contributed by atoms with E-state index in [1.807, 2.05) is 13.8 Å². The largest absolute Gasteiger partial charge is 0.479 e. The normalized spacial score (nSPS) is 22.4. The van der Waals surface area contributed by atoms with Crippen LogP contribution in [-0.2, 0) is 20.8 Å². The number of nitrogens with one attached hydrogen (secondary N) is 1. The van der Waals surface area contributed by atoms with Crippen molar-refractivity contribution in [1.29, 1.82) is 0 Å². The quantitative estimate of drug-likeness (QED) is 0.399. The molecule has 4 unspecified atom stereocenters. The van der Waals surface area contributed by atoms with Gasteiger partial charge in [-0.25, -0.2) is 14.6 Å². The molecule has 11 heteroatoms. The van der Waals surface area contributed by atoms with Crippen LogP contribution in [0.3, 0.4) is 0 Å². The van der Waals surface area contributed by atoms with Crippen LogP contribution in [-0.4, -0.2) is 75.2 Å². The Labute approximate surface area is 172 Å². The van der Waals surface area contributed by atoms with Crippen LogP contribution in [0, 0.1) is 11.8 Å². The molecule has 1 aliphatic heterocycles. The molecule has 0 saturated carbocycles. The number of halogens is 1. The van der Waals surface area contributed by atoms with Crippen molar-refractivity contribution in [1.82, 2.24) is 15.4 Å². The molecule has 0 radical (unpaired) electrons. The van der Waals surface area contributed by atoms with E-state index in [9.17, 15) is 19.8 Å². The first-order chi connectivity index (χ1) is 13.2. The van der Waals surface area contributed by atoms with Crippen LogP contribution in [0.25, 0.3) is 0 Å². The molecular weight excluding hydrogens is 410 g/mol. The van der Waals surface area contributed by atoms with E-state index in [0.717, 1.165) is 11.4 Å². The van der Waals surface area contributed by atoms with Crippen LogP contribution < -0.4 is 5.32 Å². The van der Waals surface area contributed by atoms with Crippen molar-refractivity contribution < 1.29 is 29.7 Å². The summed E-state index contributed by atoms with van der Waals surface area (Å²) in [6.07, 6.45) is -2.73. The second-order valence-corrected chi connectivity index (χ2v) is 8.53. The zero-order chi connectivity index (χ0) is 20.8. The number of carbonyl (C=O) groups is 2. The standard InChI is InChI=1S/C17H26ClN3O6S/c1-9(2)7-21(27-14(17(25)26)13(22)16(23)24)11-3-4-19-6-10(11)5-12-15(18)20-8-28-12/h8-11,13-14,19,22H,3-7H2,1-2H3,(H,23,24)(H,25,26). The minimum absolute atomic E-state index is 0.0573. The first-order valence-electron chi connectivity index (χ1n) is 9.06. The summed E-state index contributed by atoms with van der Waals surface area (Å²) in [5.74, 6) is -2.98. The maximum atomic E-state index is 11.5. The fourth-order valence-corrected chi connectivity index (χ4v) is 4.32. The first kappa shape index (κ1) is 23.0. The summed E-state index contributed by atoms with van der Waals surface area (Å²) in [6, 6.07) is -0.162. The van der Waals surface area contributed by atoms with Crippen molar-refractivity contribution in [2.75, 3.05) is 19.6 Å². The summed E-state index contributed by atoms with van der Waals surface area (Å²) in [5, 5.41) is 33.5. The van der Waals surface area contributed by atoms with E-state index in [1.54, 1.807) is 5.51 Å². The molecule has 0 aromatic carbocycles. The highest BCUT2D eigenvalue weighted by molar-refractivity contribution is 7.10. The van der Waals surface area contributed by atoms with Gasteiger partial charge in [-0.05, 0) is 37.8 Å². The van der Waals surface area contributed by atoms with Crippen molar-refractivity contribution in [3.63, 3.8) is 0 Å². The van der Waals surface area contributed by atoms with Gasteiger partial charge in [-0.3, -0.25) is 4.84 Å². The predicted molar refractivity (Wildman–Crippen MR) is 103 cm³/mol. The van der Waals surface area contributed by atoms with Crippen LogP contribution in [0.2, 0.25) is 5.15 Å². The molecule has 158 valence electrons. The van der Waals surface area contributed by atoms with Crippen molar-refractivity contribution in [3.05, 3.63) is 15.5 Å². The zero-order valence-electron chi connectivity index (χ0n) is 15.7. The average molecular weight is 436 g/mol. The van der Waals surface area contributed by atoms with Crippen LogP contribution in [0.15, 0.2) is 5.51 Å². The van der Waals surface area contributed by atoms with Gasteiger partial charge in [-0.1, -0.05) is 25.4 Å². The molecule has 28 heavy (non-hydrogen) atoms. The maximum Gasteiger partial charge on any atom is 0.338 e. The van der Waals surface area contributed by atoms with Gasteiger partial charge in [-0.2, -0.15) is 5.06 Å². The van der Waals surface area contributed by atoms with Crippen molar-refractivity contribution >= 4 is 34.9 Å². The molecule has 4 N–H and O–H groups in total. The van der Waals surface area contributed by atoms with E-state index in [-0.39, 0.29) is 17.9 Å². The molecule has 0 aliphatic carbocycles. The summed E-state index contributed by atoms with van der Waals surface area (Å²) in [4.78, 5) is 33.2. The third-order valence-corrected chi connectivity index (χ3v) is 5.85. The van der Waals surface area contributed by atoms with Gasteiger partial charge >= 0.3 is 11.9 Å². The molecule has 1 aromatic heterocycles. The number of nitrogens with zero attached hydrogens (tertiary/aromatic N) is 2. The number of aromatic nitrogens is 1. The number of thiazole rings is 1. The maximum absolute atomic E-state index is 11.5. The third-order valence-electron chi connectivity index (χ3n) is 4.55. The number of carboxylic acids is 2. The highest BCUT2D eigenvalue weighted by atomic mass is 35.5. The Morgan fingerprint density at radius 3 is 2.68 bits per heavy atom. The molecule has 1 fully saturated rings. The van der Waals surface area contributed by atoms with Gasteiger partial charge in [0.1, 0.15) is 5.15 Å². The minimum Gasteiger partial charge on any atom is -0.479 e. The molecule has 2 heterocycles. The minimum atomic E-state index is -2.16. The summed E-state index contributed by atoms with van der Waals surface area (Å²) in [7, 11) is 0. The van der Waals surface area contributed by atoms with E-state index >= 15 is 0 Å². The average Bonchev–Trinajstić information content (AvgIpc) is 3.02. The Kier molecular flexibility index (Phi) is 8.59. The lowest BCUT2D eigenvalue weighted by Gasteiger charge is -2.41. The molecule has 0 bridgehead atoms. The number of aliphatic hydroxyl groups is 1. The second-order valence-electron chi connectivity index (χ2n) is 7.23. The summed E-state index contributed by atoms with van der Waals surface area (Å²) < 4.78 is 0. The van der Waals surface area contributed by atoms with E-state index < -0.39 is 24.1 Å². The van der Waals surface area contributed by atoms with E-state index in [0.29, 0.717) is 31.1 Å². The molecule has 1 aromatic rings. The number of piperidine rings is 1. The summed E-state index contributed by atoms with van der Waals surface area (Å²) >= 11 is 7.59. The number of hydrogen-bond donors (Lipinski definition) is 4. The molecule has 9 nitrogen and oxygen atoms in total. The lowest BCUT2D eigenvalue weighted by Crippen LogP contribution is -2.55. The van der Waals surface area contributed by atoms with Gasteiger partial charge in [0.05, 0.1) is 5.51 Å². The van der Waals surface area contributed by atoms with Gasteiger partial charge in [-0.15, -0.1) is 11.3 Å². The number of aliphatic hydroxyl groups excluding tert-OH is 1. The van der Waals surface area contributed by atoms with E-state index in [1.165, 1.54) is 16.4 Å². The van der Waals surface area contributed by atoms with Gasteiger partial charge < -0.3 is 20.6 Å². The highest BCUT2D eigenvalue weighted by Crippen LogP contribution is 2.29. The van der Waals surface area contributed by atoms with Crippen LogP contribution >= 0.6 is 22.9 Å². The Morgan fingerprint density at radius 2 is 2.14 bits per heavy atom.